The molecule has 0 bridgehead atoms. The molecule has 1 N–H and O–H groups in total. The zero-order chi connectivity index (χ0) is 9.14. The first-order valence-electron chi connectivity index (χ1n) is 4.54. The van der Waals surface area contributed by atoms with Crippen molar-refractivity contribution < 1.29 is 5.11 Å². The lowest BCUT2D eigenvalue weighted by molar-refractivity contribution is 0.120. The lowest BCUT2D eigenvalue weighted by Gasteiger charge is -2.27. The fourth-order valence-corrected chi connectivity index (χ4v) is 1.99. The smallest absolute Gasteiger partial charge is 0.0706 e. The van der Waals surface area contributed by atoms with E-state index >= 15 is 0 Å². The van der Waals surface area contributed by atoms with E-state index in [4.69, 9.17) is 11.6 Å². The molecule has 0 aromatic heterocycles. The van der Waals surface area contributed by atoms with Gasteiger partial charge in [0, 0.05) is 5.88 Å². The maximum absolute atomic E-state index is 9.53. The van der Waals surface area contributed by atoms with Gasteiger partial charge in [-0.1, -0.05) is 11.1 Å². The van der Waals surface area contributed by atoms with Gasteiger partial charge < -0.3 is 5.11 Å². The molecule has 1 aliphatic rings. The number of halogens is 1. The van der Waals surface area contributed by atoms with E-state index in [1.54, 1.807) is 0 Å². The number of hydrogen-bond acceptors (Lipinski definition) is 1. The quantitative estimate of drug-likeness (QED) is 0.522. The predicted octanol–water partition coefficient (Wildman–Crippen LogP) is 2.72. The molecule has 0 spiro atoms. The molecule has 0 aromatic carbocycles. The van der Waals surface area contributed by atoms with Crippen molar-refractivity contribution in [3.63, 3.8) is 0 Å². The highest BCUT2D eigenvalue weighted by Crippen LogP contribution is 2.31. The van der Waals surface area contributed by atoms with Gasteiger partial charge in [-0.25, -0.2) is 0 Å². The fraction of sp³-hybridized carbons (Fsp3) is 0.800. The van der Waals surface area contributed by atoms with E-state index in [1.807, 2.05) is 0 Å². The summed E-state index contributed by atoms with van der Waals surface area (Å²) in [7, 11) is 0. The summed E-state index contributed by atoms with van der Waals surface area (Å²) in [6.07, 6.45) is 2.94. The second-order valence-corrected chi connectivity index (χ2v) is 4.09. The van der Waals surface area contributed by atoms with Crippen LogP contribution in [0.4, 0.5) is 0 Å². The Morgan fingerprint density at radius 1 is 1.50 bits per heavy atom. The average Bonchev–Trinajstić information content (AvgIpc) is 2.08. The zero-order valence-corrected chi connectivity index (χ0v) is 8.56. The van der Waals surface area contributed by atoms with E-state index in [0.717, 1.165) is 19.3 Å². The van der Waals surface area contributed by atoms with Crippen molar-refractivity contribution in [2.45, 2.75) is 39.2 Å². The number of hydrogen-bond donors (Lipinski definition) is 1. The second-order valence-electron chi connectivity index (χ2n) is 3.79. The van der Waals surface area contributed by atoms with Gasteiger partial charge in [0.1, 0.15) is 0 Å². The molecule has 0 heterocycles. The fourth-order valence-electron chi connectivity index (χ4n) is 1.74. The van der Waals surface area contributed by atoms with E-state index in [9.17, 15) is 5.11 Å². The topological polar surface area (TPSA) is 20.2 Å². The molecule has 1 rings (SSSR count). The number of aliphatic hydroxyl groups excluding tert-OH is 1. The summed E-state index contributed by atoms with van der Waals surface area (Å²) in [6.45, 7) is 4.33. The Hall–Kier alpha value is -0.0100. The van der Waals surface area contributed by atoms with Gasteiger partial charge in [0.15, 0.2) is 0 Å². The maximum atomic E-state index is 9.53. The van der Waals surface area contributed by atoms with E-state index in [1.165, 1.54) is 11.1 Å². The Morgan fingerprint density at radius 2 is 2.17 bits per heavy atom. The van der Waals surface area contributed by atoms with Crippen LogP contribution in [0, 0.1) is 5.92 Å². The zero-order valence-electron chi connectivity index (χ0n) is 7.81. The van der Waals surface area contributed by atoms with Crippen molar-refractivity contribution in [3.8, 4) is 0 Å². The van der Waals surface area contributed by atoms with Crippen LogP contribution in [0.2, 0.25) is 0 Å². The lowest BCUT2D eigenvalue weighted by atomic mass is 9.82. The Morgan fingerprint density at radius 3 is 2.67 bits per heavy atom. The van der Waals surface area contributed by atoms with Crippen LogP contribution in [0.3, 0.4) is 0 Å². The van der Waals surface area contributed by atoms with Crippen LogP contribution < -0.4 is 0 Å². The molecule has 0 amide bonds. The molecule has 2 unspecified atom stereocenters. The number of allylic oxidation sites excluding steroid dienone is 2. The minimum absolute atomic E-state index is 0.310. The molecule has 70 valence electrons. The van der Waals surface area contributed by atoms with Gasteiger partial charge in [-0.2, -0.15) is 0 Å². The van der Waals surface area contributed by atoms with Crippen LogP contribution in [0.25, 0.3) is 0 Å². The van der Waals surface area contributed by atoms with E-state index in [0.29, 0.717) is 11.8 Å². The van der Waals surface area contributed by atoms with E-state index in [2.05, 4.69) is 13.8 Å². The highest BCUT2D eigenvalue weighted by molar-refractivity contribution is 6.18. The molecular weight excluding hydrogens is 172 g/mol. The lowest BCUT2D eigenvalue weighted by Crippen LogP contribution is -2.24. The Balaban J connectivity index is 2.54. The summed E-state index contributed by atoms with van der Waals surface area (Å²) in [4.78, 5) is 0. The minimum Gasteiger partial charge on any atom is -0.392 e. The van der Waals surface area contributed by atoms with Gasteiger partial charge in [0.05, 0.1) is 6.10 Å². The number of alkyl halides is 1. The van der Waals surface area contributed by atoms with Gasteiger partial charge in [-0.15, -0.1) is 11.6 Å². The van der Waals surface area contributed by atoms with Crippen molar-refractivity contribution in [3.05, 3.63) is 11.1 Å². The van der Waals surface area contributed by atoms with Gasteiger partial charge >= 0.3 is 0 Å². The van der Waals surface area contributed by atoms with Crippen molar-refractivity contribution in [1.82, 2.24) is 0 Å². The number of rotatable bonds is 2. The van der Waals surface area contributed by atoms with Crippen molar-refractivity contribution >= 4 is 11.6 Å². The first-order valence-corrected chi connectivity index (χ1v) is 5.08. The molecule has 0 fully saturated rings. The molecule has 2 atom stereocenters. The second kappa shape index (κ2) is 4.29. The number of aliphatic hydroxyl groups is 1. The van der Waals surface area contributed by atoms with Crippen molar-refractivity contribution in [2.75, 3.05) is 5.88 Å². The van der Waals surface area contributed by atoms with Crippen LogP contribution in [0.15, 0.2) is 11.1 Å². The molecule has 2 heteroatoms. The Kier molecular flexibility index (Phi) is 3.60. The van der Waals surface area contributed by atoms with Crippen LogP contribution in [-0.2, 0) is 0 Å². The molecule has 1 aliphatic carbocycles. The van der Waals surface area contributed by atoms with Crippen molar-refractivity contribution in [1.29, 1.82) is 0 Å². The Labute approximate surface area is 79.4 Å². The molecule has 0 saturated carbocycles. The van der Waals surface area contributed by atoms with Crippen LogP contribution in [-0.4, -0.2) is 17.1 Å². The first kappa shape index (κ1) is 10.1. The van der Waals surface area contributed by atoms with Gasteiger partial charge in [0.2, 0.25) is 0 Å². The van der Waals surface area contributed by atoms with E-state index < -0.39 is 0 Å². The molecular formula is C10H17ClO. The molecule has 0 saturated heterocycles. The summed E-state index contributed by atoms with van der Waals surface area (Å²) in [6, 6.07) is 0. The highest BCUT2D eigenvalue weighted by Gasteiger charge is 2.22. The van der Waals surface area contributed by atoms with Crippen LogP contribution >= 0.6 is 11.6 Å². The monoisotopic (exact) mass is 188 g/mol. The van der Waals surface area contributed by atoms with Crippen LogP contribution in [0.5, 0.6) is 0 Å². The maximum Gasteiger partial charge on any atom is 0.0706 e. The molecule has 1 nitrogen and oxygen atoms in total. The van der Waals surface area contributed by atoms with Crippen molar-refractivity contribution in [2.24, 2.45) is 5.92 Å². The molecule has 0 aromatic rings. The third-order valence-electron chi connectivity index (χ3n) is 2.89. The first-order chi connectivity index (χ1) is 5.65. The summed E-state index contributed by atoms with van der Waals surface area (Å²) >= 11 is 5.60. The van der Waals surface area contributed by atoms with Crippen LogP contribution in [0.1, 0.15) is 33.1 Å². The molecule has 0 radical (unpaired) electrons. The van der Waals surface area contributed by atoms with E-state index in [-0.39, 0.29) is 6.10 Å². The standard InChI is InChI=1S/C10H17ClO/c1-7-3-4-9(5-8(7)2)10(12)6-11/h9-10,12H,3-6H2,1-2H3. The Bertz CT molecular complexity index is 186. The molecule has 12 heavy (non-hydrogen) atoms. The summed E-state index contributed by atoms with van der Waals surface area (Å²) in [5.74, 6) is 0.767. The normalized spacial score (nSPS) is 27.5. The largest absolute Gasteiger partial charge is 0.392 e. The summed E-state index contributed by atoms with van der Waals surface area (Å²) in [5.41, 5.74) is 2.93. The van der Waals surface area contributed by atoms with Gasteiger partial charge in [-0.05, 0) is 39.0 Å². The SMILES string of the molecule is CC1=C(C)CC(C(O)CCl)CC1. The molecule has 0 aliphatic heterocycles. The average molecular weight is 189 g/mol. The predicted molar refractivity (Wildman–Crippen MR) is 52.4 cm³/mol. The van der Waals surface area contributed by atoms with Gasteiger partial charge in [-0.3, -0.25) is 0 Å². The minimum atomic E-state index is -0.310. The third kappa shape index (κ3) is 2.24. The summed E-state index contributed by atoms with van der Waals surface area (Å²) < 4.78 is 0. The highest BCUT2D eigenvalue weighted by atomic mass is 35.5. The van der Waals surface area contributed by atoms with Gasteiger partial charge in [0.25, 0.3) is 0 Å². The summed E-state index contributed by atoms with van der Waals surface area (Å²) in [5, 5.41) is 9.53. The third-order valence-corrected chi connectivity index (χ3v) is 3.21.